The van der Waals surface area contributed by atoms with Gasteiger partial charge in [0.25, 0.3) is 18.1 Å². The summed E-state index contributed by atoms with van der Waals surface area (Å²) in [6.07, 6.45) is 5.74. The fourth-order valence-electron chi connectivity index (χ4n) is 4.21. The topological polar surface area (TPSA) is 195 Å². The number of piperidine rings is 1. The van der Waals surface area contributed by atoms with Gasteiger partial charge < -0.3 is 31.2 Å². The van der Waals surface area contributed by atoms with E-state index in [2.05, 4.69) is 30.0 Å². The maximum atomic E-state index is 12.8. The summed E-state index contributed by atoms with van der Waals surface area (Å²) in [5.41, 5.74) is 12.0. The lowest BCUT2D eigenvalue weighted by Gasteiger charge is -2.38. The smallest absolute Gasteiger partial charge is 0.324 e. The molecular formula is C22H27N9O4. The van der Waals surface area contributed by atoms with E-state index in [1.807, 2.05) is 11.8 Å². The number of carbonyl (C=O) groups excluding carboxylic acids is 2. The first-order valence-corrected chi connectivity index (χ1v) is 11.3. The van der Waals surface area contributed by atoms with Crippen molar-refractivity contribution in [3.63, 3.8) is 0 Å². The third-order valence-corrected chi connectivity index (χ3v) is 6.37. The molecular weight excluding hydrogens is 454 g/mol. The monoisotopic (exact) mass is 481 g/mol. The summed E-state index contributed by atoms with van der Waals surface area (Å²) < 4.78 is 9.85. The van der Waals surface area contributed by atoms with Crippen molar-refractivity contribution >= 4 is 23.5 Å². The van der Waals surface area contributed by atoms with Crippen molar-refractivity contribution in [2.24, 2.45) is 5.73 Å². The Labute approximate surface area is 201 Å². The number of nitrogen functional groups attached to an aromatic ring is 1. The number of hydrogen-bond donors (Lipinski definition) is 3. The number of hydrogen-bond acceptors (Lipinski definition) is 11. The van der Waals surface area contributed by atoms with E-state index in [1.165, 1.54) is 6.26 Å². The number of nitrogens with zero attached hydrogens (tertiary/aromatic N) is 6. The summed E-state index contributed by atoms with van der Waals surface area (Å²) in [5, 5.41) is 11.5. The van der Waals surface area contributed by atoms with Crippen LogP contribution in [0.5, 0.6) is 6.01 Å². The van der Waals surface area contributed by atoms with Crippen molar-refractivity contribution in [1.29, 1.82) is 5.26 Å². The maximum Gasteiger partial charge on any atom is 0.324 e. The second-order valence-electron chi connectivity index (χ2n) is 8.91. The van der Waals surface area contributed by atoms with E-state index in [0.29, 0.717) is 25.9 Å². The number of nitrogens with one attached hydrogen (secondary N) is 1. The molecule has 2 aromatic heterocycles. The largest absolute Gasteiger partial charge is 0.425 e. The number of rotatable bonds is 8. The minimum Gasteiger partial charge on any atom is -0.425 e. The molecule has 3 heterocycles. The second kappa shape index (κ2) is 9.96. The Hall–Kier alpha value is -4.21. The van der Waals surface area contributed by atoms with Crippen LogP contribution in [-0.4, -0.2) is 57.2 Å². The van der Waals surface area contributed by atoms with Crippen molar-refractivity contribution in [1.82, 2.24) is 25.3 Å². The van der Waals surface area contributed by atoms with Gasteiger partial charge in [-0.2, -0.15) is 20.2 Å². The maximum absolute atomic E-state index is 12.8. The molecule has 2 aromatic rings. The molecule has 2 aliphatic rings. The van der Waals surface area contributed by atoms with Crippen molar-refractivity contribution in [2.45, 2.75) is 50.5 Å². The lowest BCUT2D eigenvalue weighted by Crippen LogP contribution is -2.51. The Bertz CT molecular complexity index is 1150. The average molecular weight is 482 g/mol. The van der Waals surface area contributed by atoms with E-state index in [1.54, 1.807) is 12.1 Å². The summed E-state index contributed by atoms with van der Waals surface area (Å²) in [4.78, 5) is 43.5. The molecule has 1 aliphatic heterocycles. The number of ether oxygens (including phenoxy) is 2. The fourth-order valence-corrected chi connectivity index (χ4v) is 4.21. The van der Waals surface area contributed by atoms with Crippen LogP contribution in [0.4, 0.5) is 11.6 Å². The van der Waals surface area contributed by atoms with Gasteiger partial charge in [0.15, 0.2) is 5.69 Å². The fraction of sp³-hybridized carbons (Fsp3) is 0.500. The number of anilines is 2. The second-order valence-corrected chi connectivity index (χ2v) is 8.91. The first-order chi connectivity index (χ1) is 16.8. The van der Waals surface area contributed by atoms with Gasteiger partial charge in [0.2, 0.25) is 18.6 Å². The number of pyridine rings is 1. The molecule has 1 saturated heterocycles. The molecule has 184 valence electrons. The highest BCUT2D eigenvalue weighted by molar-refractivity contribution is 5.95. The molecule has 13 nitrogen and oxygen atoms in total. The van der Waals surface area contributed by atoms with E-state index in [4.69, 9.17) is 21.5 Å². The van der Waals surface area contributed by atoms with Gasteiger partial charge in [-0.15, -0.1) is 0 Å². The van der Waals surface area contributed by atoms with Gasteiger partial charge in [0.1, 0.15) is 0 Å². The van der Waals surface area contributed by atoms with Crippen molar-refractivity contribution < 1.29 is 19.1 Å². The zero-order chi connectivity index (χ0) is 25.0. The molecule has 0 radical (unpaired) electrons. The molecule has 0 bridgehead atoms. The van der Waals surface area contributed by atoms with Gasteiger partial charge >= 0.3 is 6.01 Å². The van der Waals surface area contributed by atoms with E-state index >= 15 is 0 Å². The van der Waals surface area contributed by atoms with E-state index in [-0.39, 0.29) is 47.4 Å². The predicted octanol–water partition coefficient (Wildman–Crippen LogP) is 0.838. The van der Waals surface area contributed by atoms with Gasteiger partial charge in [-0.25, -0.2) is 4.98 Å². The van der Waals surface area contributed by atoms with Gasteiger partial charge in [-0.05, 0) is 51.2 Å². The standard InChI is InChI=1S/C22H27N9O4/c1-22(7-2-8-22)30-19(33)18-27-20(29-21(28-18)35-12-34-11-23)31-9-5-13(6-10-31)15-4-3-14(24)16(26-15)17(25)32/h3-4,13H,2,5-10,12,24H2,1H3,(H2,25,32)(H,30,33). The minimum absolute atomic E-state index is 0.0662. The van der Waals surface area contributed by atoms with Crippen molar-refractivity contribution in [2.75, 3.05) is 30.5 Å². The van der Waals surface area contributed by atoms with Crippen LogP contribution in [0.25, 0.3) is 0 Å². The lowest BCUT2D eigenvalue weighted by molar-refractivity contribution is 0.0784. The van der Waals surface area contributed by atoms with Crippen LogP contribution in [0.15, 0.2) is 12.1 Å². The number of nitrogens with two attached hydrogens (primary N) is 2. The number of nitriles is 1. The number of primary amides is 1. The van der Waals surface area contributed by atoms with Gasteiger partial charge in [-0.3, -0.25) is 9.59 Å². The molecule has 5 N–H and O–H groups in total. The molecule has 2 amide bonds. The number of carbonyl (C=O) groups is 2. The summed E-state index contributed by atoms with van der Waals surface area (Å²) >= 11 is 0. The van der Waals surface area contributed by atoms with E-state index < -0.39 is 11.8 Å². The summed E-state index contributed by atoms with van der Waals surface area (Å²) in [7, 11) is 0. The molecule has 2 fully saturated rings. The highest BCUT2D eigenvalue weighted by Crippen LogP contribution is 2.32. The van der Waals surface area contributed by atoms with Crippen LogP contribution < -0.4 is 26.4 Å². The molecule has 1 saturated carbocycles. The molecule has 35 heavy (non-hydrogen) atoms. The molecule has 0 aromatic carbocycles. The first-order valence-electron chi connectivity index (χ1n) is 11.3. The molecule has 0 spiro atoms. The third-order valence-electron chi connectivity index (χ3n) is 6.37. The molecule has 4 rings (SSSR count). The molecule has 0 unspecified atom stereocenters. The molecule has 1 aliphatic carbocycles. The Balaban J connectivity index is 1.50. The van der Waals surface area contributed by atoms with Crippen LogP contribution >= 0.6 is 0 Å². The minimum atomic E-state index is -0.665. The Morgan fingerprint density at radius 3 is 2.60 bits per heavy atom. The Kier molecular flexibility index (Phi) is 6.81. The quantitative estimate of drug-likeness (QED) is 0.274. The lowest BCUT2D eigenvalue weighted by atomic mass is 9.78. The Morgan fingerprint density at radius 1 is 1.23 bits per heavy atom. The van der Waals surface area contributed by atoms with Crippen molar-refractivity contribution in [3.05, 3.63) is 29.3 Å². The van der Waals surface area contributed by atoms with Crippen LogP contribution in [0, 0.1) is 11.5 Å². The molecule has 13 heteroatoms. The first kappa shape index (κ1) is 23.9. The summed E-state index contributed by atoms with van der Waals surface area (Å²) in [6, 6.07) is 3.33. The van der Waals surface area contributed by atoms with E-state index in [9.17, 15) is 9.59 Å². The van der Waals surface area contributed by atoms with Crippen molar-refractivity contribution in [3.8, 4) is 12.3 Å². The third kappa shape index (κ3) is 5.48. The van der Waals surface area contributed by atoms with Crippen LogP contribution in [-0.2, 0) is 4.74 Å². The highest BCUT2D eigenvalue weighted by Gasteiger charge is 2.34. The zero-order valence-corrected chi connectivity index (χ0v) is 19.4. The molecule has 0 atom stereocenters. The summed E-state index contributed by atoms with van der Waals surface area (Å²) in [6.45, 7) is 2.74. The Morgan fingerprint density at radius 2 is 1.97 bits per heavy atom. The van der Waals surface area contributed by atoms with Gasteiger partial charge in [0, 0.05) is 30.2 Å². The van der Waals surface area contributed by atoms with Crippen LogP contribution in [0.2, 0.25) is 0 Å². The predicted molar refractivity (Wildman–Crippen MR) is 123 cm³/mol. The normalized spacial score (nSPS) is 17.1. The average Bonchev–Trinajstić information content (AvgIpc) is 2.83. The highest BCUT2D eigenvalue weighted by atomic mass is 16.7. The van der Waals surface area contributed by atoms with E-state index in [0.717, 1.165) is 25.0 Å². The SMILES string of the molecule is CC1(NC(=O)c2nc(OCOC#N)nc(N3CCC(c4ccc(N)c(C(N)=O)n4)CC3)n2)CCC1. The zero-order valence-electron chi connectivity index (χ0n) is 19.4. The number of amides is 2. The summed E-state index contributed by atoms with van der Waals surface area (Å²) in [5.74, 6) is -0.767. The van der Waals surface area contributed by atoms with Crippen LogP contribution in [0.3, 0.4) is 0 Å². The van der Waals surface area contributed by atoms with Gasteiger partial charge in [0.05, 0.1) is 5.69 Å². The van der Waals surface area contributed by atoms with Gasteiger partial charge in [-0.1, -0.05) is 0 Å². The number of aromatic nitrogens is 4. The van der Waals surface area contributed by atoms with Crippen LogP contribution in [0.1, 0.15) is 71.7 Å².